The summed E-state index contributed by atoms with van der Waals surface area (Å²) in [5.41, 5.74) is 0.623. The van der Waals surface area contributed by atoms with Gasteiger partial charge in [-0.1, -0.05) is 18.2 Å². The second kappa shape index (κ2) is 9.23. The van der Waals surface area contributed by atoms with Crippen LogP contribution in [0.4, 0.5) is 5.69 Å². The van der Waals surface area contributed by atoms with Crippen molar-refractivity contribution in [3.63, 3.8) is 0 Å². The number of hydrogen-bond acceptors (Lipinski definition) is 6. The fourth-order valence-electron chi connectivity index (χ4n) is 4.76. The van der Waals surface area contributed by atoms with Gasteiger partial charge in [-0.25, -0.2) is 0 Å². The van der Waals surface area contributed by atoms with E-state index in [1.807, 2.05) is 46.3 Å². The number of carbonyl (C=O) groups excluding carboxylic acids is 2. The maximum absolute atomic E-state index is 14.0. The molecule has 4 aromatic rings. The van der Waals surface area contributed by atoms with E-state index < -0.39 is 5.54 Å². The van der Waals surface area contributed by atoms with Crippen molar-refractivity contribution in [3.05, 3.63) is 71.2 Å². The van der Waals surface area contributed by atoms with E-state index in [4.69, 9.17) is 14.2 Å². The summed E-state index contributed by atoms with van der Waals surface area (Å²) in [7, 11) is 4.69. The van der Waals surface area contributed by atoms with Gasteiger partial charge in [-0.05, 0) is 42.6 Å². The van der Waals surface area contributed by atoms with E-state index in [9.17, 15) is 9.59 Å². The quantitative estimate of drug-likeness (QED) is 0.401. The van der Waals surface area contributed by atoms with Gasteiger partial charge in [-0.2, -0.15) is 0 Å². The number of fused-ring (bicyclic) bond motifs is 3. The molecule has 0 radical (unpaired) electrons. The van der Waals surface area contributed by atoms with Gasteiger partial charge in [-0.3, -0.25) is 14.5 Å². The molecule has 9 heteroatoms. The van der Waals surface area contributed by atoms with Crippen LogP contribution in [0.3, 0.4) is 0 Å². The summed E-state index contributed by atoms with van der Waals surface area (Å²) < 4.78 is 18.3. The van der Waals surface area contributed by atoms with Gasteiger partial charge in [0.25, 0.3) is 5.91 Å². The molecule has 2 amide bonds. The van der Waals surface area contributed by atoms with Crippen molar-refractivity contribution in [2.75, 3.05) is 26.2 Å². The van der Waals surface area contributed by atoms with Crippen LogP contribution in [0.2, 0.25) is 0 Å². The number of benzene rings is 2. The number of para-hydroxylation sites is 1. The average molecular weight is 506 g/mol. The van der Waals surface area contributed by atoms with E-state index in [-0.39, 0.29) is 24.9 Å². The molecular formula is C27H27N3O5S. The lowest BCUT2D eigenvalue weighted by Gasteiger charge is -2.44. The molecule has 1 atom stereocenters. The van der Waals surface area contributed by atoms with E-state index in [0.29, 0.717) is 28.6 Å². The Labute approximate surface area is 213 Å². The first-order valence-electron chi connectivity index (χ1n) is 11.4. The fraction of sp³-hybridized carbons (Fsp3) is 0.259. The van der Waals surface area contributed by atoms with E-state index in [1.165, 1.54) is 7.11 Å². The minimum absolute atomic E-state index is 0.257. The van der Waals surface area contributed by atoms with E-state index in [0.717, 1.165) is 15.8 Å². The lowest BCUT2D eigenvalue weighted by molar-refractivity contribution is -0.126. The van der Waals surface area contributed by atoms with Gasteiger partial charge in [0.05, 0.1) is 33.6 Å². The Balaban J connectivity index is 1.59. The fourth-order valence-corrected chi connectivity index (χ4v) is 5.66. The zero-order valence-corrected chi connectivity index (χ0v) is 21.3. The van der Waals surface area contributed by atoms with Crippen LogP contribution in [0.15, 0.2) is 60.0 Å². The summed E-state index contributed by atoms with van der Waals surface area (Å²) in [6.07, 6.45) is 0. The Morgan fingerprint density at radius 1 is 1.03 bits per heavy atom. The third kappa shape index (κ3) is 3.76. The summed E-state index contributed by atoms with van der Waals surface area (Å²) in [6.45, 7) is 2.33. The normalized spacial score (nSPS) is 17.1. The van der Waals surface area contributed by atoms with Gasteiger partial charge in [0.1, 0.15) is 33.3 Å². The standard InChI is InChI=1S/C27H27N3O5S/c1-27(26(32)28-15-18-7-5-6-8-22(18)34-3)16-29-21(13-17-11-12-36-25(17)29)24(31)30(27)20-10-9-19(33-2)14-23(20)35-4/h5-14H,15-16H2,1-4H3,(H,28,32)/t27-/m1/s1. The van der Waals surface area contributed by atoms with Crippen LogP contribution < -0.4 is 24.4 Å². The van der Waals surface area contributed by atoms with Crippen LogP contribution in [0.25, 0.3) is 10.2 Å². The largest absolute Gasteiger partial charge is 0.497 e. The first kappa shape index (κ1) is 23.7. The summed E-state index contributed by atoms with van der Waals surface area (Å²) in [5, 5.41) is 6.00. The van der Waals surface area contributed by atoms with Crippen LogP contribution in [-0.2, 0) is 17.9 Å². The predicted octanol–water partition coefficient (Wildman–Crippen LogP) is 4.46. The van der Waals surface area contributed by atoms with Gasteiger partial charge >= 0.3 is 0 Å². The van der Waals surface area contributed by atoms with Crippen LogP contribution in [0, 0.1) is 0 Å². The summed E-state index contributed by atoms with van der Waals surface area (Å²) in [4.78, 5) is 30.5. The molecule has 186 valence electrons. The monoisotopic (exact) mass is 505 g/mol. The highest BCUT2D eigenvalue weighted by molar-refractivity contribution is 7.16. The smallest absolute Gasteiger partial charge is 0.276 e. The summed E-state index contributed by atoms with van der Waals surface area (Å²) in [6, 6.07) is 16.6. The molecule has 8 nitrogen and oxygen atoms in total. The highest BCUT2D eigenvalue weighted by Gasteiger charge is 2.49. The molecule has 1 aliphatic rings. The zero-order valence-electron chi connectivity index (χ0n) is 20.5. The van der Waals surface area contributed by atoms with E-state index in [1.54, 1.807) is 55.6 Å². The Kier molecular flexibility index (Phi) is 6.09. The van der Waals surface area contributed by atoms with Gasteiger partial charge in [0.2, 0.25) is 5.91 Å². The van der Waals surface area contributed by atoms with Crippen molar-refractivity contribution in [1.82, 2.24) is 9.88 Å². The number of ether oxygens (including phenoxy) is 3. The second-order valence-corrected chi connectivity index (χ2v) is 9.64. The van der Waals surface area contributed by atoms with Crippen LogP contribution in [0.1, 0.15) is 23.0 Å². The third-order valence-corrected chi connectivity index (χ3v) is 7.58. The lowest BCUT2D eigenvalue weighted by atomic mass is 9.93. The molecule has 0 bridgehead atoms. The second-order valence-electron chi connectivity index (χ2n) is 8.74. The molecule has 5 rings (SSSR count). The number of rotatable bonds is 7. The molecule has 0 saturated carbocycles. The van der Waals surface area contributed by atoms with E-state index >= 15 is 0 Å². The average Bonchev–Trinajstić information content (AvgIpc) is 3.50. The molecule has 0 aliphatic carbocycles. The minimum atomic E-state index is -1.25. The number of methoxy groups -OCH3 is 3. The maximum atomic E-state index is 14.0. The minimum Gasteiger partial charge on any atom is -0.497 e. The molecule has 3 heterocycles. The van der Waals surface area contributed by atoms with Gasteiger partial charge in [0.15, 0.2) is 0 Å². The Morgan fingerprint density at radius 2 is 1.81 bits per heavy atom. The van der Waals surface area contributed by atoms with Crippen molar-refractivity contribution >= 4 is 39.1 Å². The van der Waals surface area contributed by atoms with Gasteiger partial charge in [-0.15, -0.1) is 11.3 Å². The van der Waals surface area contributed by atoms with Gasteiger partial charge in [0, 0.05) is 23.6 Å². The van der Waals surface area contributed by atoms with E-state index in [2.05, 4.69) is 5.32 Å². The number of nitrogens with zero attached hydrogens (tertiary/aromatic N) is 2. The molecule has 0 unspecified atom stereocenters. The maximum Gasteiger partial charge on any atom is 0.276 e. The first-order valence-corrected chi connectivity index (χ1v) is 12.3. The summed E-state index contributed by atoms with van der Waals surface area (Å²) in [5.74, 6) is 1.15. The van der Waals surface area contributed by atoms with Crippen LogP contribution in [-0.4, -0.2) is 43.2 Å². The molecule has 36 heavy (non-hydrogen) atoms. The third-order valence-electron chi connectivity index (χ3n) is 6.63. The molecule has 0 saturated heterocycles. The first-order chi connectivity index (χ1) is 17.4. The molecule has 1 N–H and O–H groups in total. The topological polar surface area (TPSA) is 82.0 Å². The molecule has 0 spiro atoms. The molecule has 2 aromatic heterocycles. The number of thiophene rings is 1. The highest BCUT2D eigenvalue weighted by atomic mass is 32.1. The number of carbonyl (C=O) groups is 2. The number of hydrogen-bond donors (Lipinski definition) is 1. The highest BCUT2D eigenvalue weighted by Crippen LogP contribution is 2.42. The van der Waals surface area contributed by atoms with Crippen LogP contribution in [0.5, 0.6) is 17.2 Å². The Bertz CT molecular complexity index is 1460. The van der Waals surface area contributed by atoms with Crippen molar-refractivity contribution in [2.45, 2.75) is 25.6 Å². The molecule has 2 aromatic carbocycles. The lowest BCUT2D eigenvalue weighted by Crippen LogP contribution is -2.64. The van der Waals surface area contributed by atoms with Crippen molar-refractivity contribution in [3.8, 4) is 17.2 Å². The molecular weight excluding hydrogens is 478 g/mol. The van der Waals surface area contributed by atoms with Crippen molar-refractivity contribution in [1.29, 1.82) is 0 Å². The SMILES string of the molecule is COc1ccc(N2C(=O)c3cc4ccsc4n3C[C@]2(C)C(=O)NCc2ccccc2OC)c(OC)c1. The Hall–Kier alpha value is -3.98. The summed E-state index contributed by atoms with van der Waals surface area (Å²) >= 11 is 1.55. The molecule has 0 fully saturated rings. The predicted molar refractivity (Wildman–Crippen MR) is 139 cm³/mol. The Morgan fingerprint density at radius 3 is 2.56 bits per heavy atom. The van der Waals surface area contributed by atoms with Crippen molar-refractivity contribution < 1.29 is 23.8 Å². The number of nitrogens with one attached hydrogen (secondary N) is 1. The number of aromatic nitrogens is 1. The molecule has 1 aliphatic heterocycles. The number of anilines is 1. The van der Waals surface area contributed by atoms with Gasteiger partial charge < -0.3 is 24.1 Å². The zero-order chi connectivity index (χ0) is 25.4. The van der Waals surface area contributed by atoms with Crippen LogP contribution >= 0.6 is 11.3 Å². The number of amides is 2. The van der Waals surface area contributed by atoms with Crippen molar-refractivity contribution in [2.24, 2.45) is 0 Å².